The zero-order valence-electron chi connectivity index (χ0n) is 14.4. The molecule has 1 aliphatic carbocycles. The molecule has 0 bridgehead atoms. The molecule has 0 saturated carbocycles. The zero-order valence-corrected chi connectivity index (χ0v) is 14.4. The van der Waals surface area contributed by atoms with Gasteiger partial charge in [0.05, 0.1) is 11.8 Å². The van der Waals surface area contributed by atoms with Crippen LogP contribution < -0.4 is 5.32 Å². The molecule has 3 amide bonds. The third-order valence-electron chi connectivity index (χ3n) is 4.60. The van der Waals surface area contributed by atoms with Crippen LogP contribution in [0.25, 0.3) is 0 Å². The number of benzene rings is 1. The number of nitrogens with zero attached hydrogens (tertiary/aromatic N) is 1. The number of para-hydroxylation sites is 1. The van der Waals surface area contributed by atoms with E-state index in [2.05, 4.69) is 5.32 Å². The molecule has 1 fully saturated rings. The number of hydrogen-bond acceptors (Lipinski definition) is 5. The molecule has 7 heteroatoms. The molecule has 1 heterocycles. The van der Waals surface area contributed by atoms with Gasteiger partial charge in [-0.1, -0.05) is 30.4 Å². The van der Waals surface area contributed by atoms with Gasteiger partial charge >= 0.3 is 5.97 Å². The number of allylic oxidation sites excluding steroid dienone is 2. The molecular weight excluding hydrogens is 336 g/mol. The molecule has 0 spiro atoms. The maximum Gasteiger partial charge on any atom is 0.326 e. The summed E-state index contributed by atoms with van der Waals surface area (Å²) in [5.74, 6) is -2.74. The number of hydrogen-bond donors (Lipinski definition) is 1. The van der Waals surface area contributed by atoms with Crippen molar-refractivity contribution in [1.82, 2.24) is 4.90 Å². The number of amides is 3. The molecule has 0 aromatic heterocycles. The molecule has 3 rings (SSSR count). The smallest absolute Gasteiger partial charge is 0.326 e. The summed E-state index contributed by atoms with van der Waals surface area (Å²) in [7, 11) is 0. The molecule has 1 N–H and O–H groups in total. The van der Waals surface area contributed by atoms with E-state index in [0.717, 1.165) is 4.90 Å². The fourth-order valence-electron chi connectivity index (χ4n) is 3.21. The van der Waals surface area contributed by atoms with Crippen molar-refractivity contribution in [3.05, 3.63) is 42.5 Å². The van der Waals surface area contributed by atoms with Crippen LogP contribution in [-0.4, -0.2) is 41.2 Å². The van der Waals surface area contributed by atoms with Crippen LogP contribution >= 0.6 is 0 Å². The van der Waals surface area contributed by atoms with Gasteiger partial charge < -0.3 is 10.1 Å². The summed E-state index contributed by atoms with van der Waals surface area (Å²) in [6.45, 7) is 0.973. The molecule has 3 atom stereocenters. The molecule has 0 unspecified atom stereocenters. The molecule has 1 aromatic carbocycles. The van der Waals surface area contributed by atoms with E-state index in [1.807, 2.05) is 18.2 Å². The van der Waals surface area contributed by atoms with E-state index in [4.69, 9.17) is 4.74 Å². The highest BCUT2D eigenvalue weighted by atomic mass is 16.5. The fraction of sp³-hybridized carbons (Fsp3) is 0.368. The highest BCUT2D eigenvalue weighted by Gasteiger charge is 2.47. The van der Waals surface area contributed by atoms with Gasteiger partial charge in [0.1, 0.15) is 6.54 Å². The predicted molar refractivity (Wildman–Crippen MR) is 92.7 cm³/mol. The third kappa shape index (κ3) is 3.66. The molecule has 1 aliphatic heterocycles. The Morgan fingerprint density at radius 2 is 1.69 bits per heavy atom. The maximum atomic E-state index is 12.3. The Hall–Kier alpha value is -2.96. The number of anilines is 1. The van der Waals surface area contributed by atoms with Gasteiger partial charge in [-0.15, -0.1) is 0 Å². The quantitative estimate of drug-likeness (QED) is 0.490. The van der Waals surface area contributed by atoms with Crippen LogP contribution in [0.1, 0.15) is 19.8 Å². The lowest BCUT2D eigenvalue weighted by atomic mass is 9.85. The van der Waals surface area contributed by atoms with E-state index >= 15 is 0 Å². The minimum atomic E-state index is -1.04. The van der Waals surface area contributed by atoms with Crippen molar-refractivity contribution in [3.8, 4) is 0 Å². The first-order valence-corrected chi connectivity index (χ1v) is 8.53. The minimum absolute atomic E-state index is 0.345. The Morgan fingerprint density at radius 3 is 2.27 bits per heavy atom. The first-order chi connectivity index (χ1) is 12.5. The van der Waals surface area contributed by atoms with E-state index in [1.54, 1.807) is 24.3 Å². The Morgan fingerprint density at radius 1 is 1.12 bits per heavy atom. The van der Waals surface area contributed by atoms with Crippen molar-refractivity contribution in [2.24, 2.45) is 11.8 Å². The monoisotopic (exact) mass is 356 g/mol. The number of imide groups is 1. The number of carbonyl (C=O) groups excluding carboxylic acids is 4. The lowest BCUT2D eigenvalue weighted by Gasteiger charge is -2.17. The van der Waals surface area contributed by atoms with Crippen LogP contribution in [0.4, 0.5) is 5.69 Å². The van der Waals surface area contributed by atoms with Crippen molar-refractivity contribution in [2.45, 2.75) is 25.9 Å². The predicted octanol–water partition coefficient (Wildman–Crippen LogP) is 1.51. The Balaban J connectivity index is 1.54. The zero-order chi connectivity index (χ0) is 18.7. The summed E-state index contributed by atoms with van der Waals surface area (Å²) in [6, 6.07) is 8.78. The number of nitrogens with one attached hydrogen (secondary N) is 1. The van der Waals surface area contributed by atoms with Crippen LogP contribution in [-0.2, 0) is 23.9 Å². The summed E-state index contributed by atoms with van der Waals surface area (Å²) in [5.41, 5.74) is 0.585. The van der Waals surface area contributed by atoms with Crippen molar-refractivity contribution in [3.63, 3.8) is 0 Å². The fourth-order valence-corrected chi connectivity index (χ4v) is 3.21. The number of fused-ring (bicyclic) bond motifs is 1. The molecular formula is C19H20N2O5. The molecule has 26 heavy (non-hydrogen) atoms. The normalized spacial score (nSPS) is 22.7. The second-order valence-electron chi connectivity index (χ2n) is 6.41. The standard InChI is InChI=1S/C19H20N2O5/c1-12(17(23)20-13-7-3-2-4-8-13)26-16(22)11-21-18(24)14-9-5-6-10-15(14)19(21)25/h2-8,12,14-15H,9-11H2,1H3,(H,20,23)/t12-,14-,15-/m0/s1. The Kier molecular flexibility index (Phi) is 5.16. The second-order valence-corrected chi connectivity index (χ2v) is 6.41. The average Bonchev–Trinajstić information content (AvgIpc) is 2.88. The van der Waals surface area contributed by atoms with Crippen LogP contribution in [0.3, 0.4) is 0 Å². The van der Waals surface area contributed by atoms with Gasteiger partial charge in [-0.3, -0.25) is 24.1 Å². The topological polar surface area (TPSA) is 92.8 Å². The summed E-state index contributed by atoms with van der Waals surface area (Å²) in [6.07, 6.45) is 3.74. The number of likely N-dealkylation sites (tertiary alicyclic amines) is 1. The summed E-state index contributed by atoms with van der Waals surface area (Å²) >= 11 is 0. The van der Waals surface area contributed by atoms with E-state index in [-0.39, 0.29) is 23.7 Å². The van der Waals surface area contributed by atoms with Crippen LogP contribution in [0, 0.1) is 11.8 Å². The van der Waals surface area contributed by atoms with Gasteiger partial charge in [0.2, 0.25) is 11.8 Å². The first kappa shape index (κ1) is 17.8. The van der Waals surface area contributed by atoms with E-state index in [9.17, 15) is 19.2 Å². The molecule has 7 nitrogen and oxygen atoms in total. The highest BCUT2D eigenvalue weighted by Crippen LogP contribution is 2.34. The maximum absolute atomic E-state index is 12.3. The third-order valence-corrected chi connectivity index (χ3v) is 4.60. The van der Waals surface area contributed by atoms with E-state index in [0.29, 0.717) is 18.5 Å². The van der Waals surface area contributed by atoms with Crippen LogP contribution in [0.15, 0.2) is 42.5 Å². The van der Waals surface area contributed by atoms with Gasteiger partial charge in [-0.05, 0) is 31.9 Å². The van der Waals surface area contributed by atoms with Gasteiger partial charge in [0, 0.05) is 5.69 Å². The lowest BCUT2D eigenvalue weighted by Crippen LogP contribution is -2.39. The summed E-state index contributed by atoms with van der Waals surface area (Å²) in [4.78, 5) is 49.8. The van der Waals surface area contributed by atoms with Gasteiger partial charge in [0.25, 0.3) is 5.91 Å². The van der Waals surface area contributed by atoms with Gasteiger partial charge in [-0.25, -0.2) is 0 Å². The molecule has 1 saturated heterocycles. The van der Waals surface area contributed by atoms with Crippen molar-refractivity contribution in [2.75, 3.05) is 11.9 Å². The molecule has 136 valence electrons. The van der Waals surface area contributed by atoms with Crippen LogP contribution in [0.5, 0.6) is 0 Å². The average molecular weight is 356 g/mol. The summed E-state index contributed by atoms with van der Waals surface area (Å²) in [5, 5.41) is 2.63. The SMILES string of the molecule is C[C@H](OC(=O)CN1C(=O)[C@H]2CC=CC[C@@H]2C1=O)C(=O)Nc1ccccc1. The molecule has 0 radical (unpaired) electrons. The summed E-state index contributed by atoms with van der Waals surface area (Å²) < 4.78 is 5.08. The largest absolute Gasteiger partial charge is 0.451 e. The lowest BCUT2D eigenvalue weighted by molar-refractivity contribution is -0.158. The minimum Gasteiger partial charge on any atom is -0.451 e. The van der Waals surface area contributed by atoms with Gasteiger partial charge in [0.15, 0.2) is 6.10 Å². The van der Waals surface area contributed by atoms with Crippen LogP contribution in [0.2, 0.25) is 0 Å². The second kappa shape index (κ2) is 7.51. The first-order valence-electron chi connectivity index (χ1n) is 8.53. The number of carbonyl (C=O) groups is 4. The Bertz CT molecular complexity index is 732. The highest BCUT2D eigenvalue weighted by molar-refractivity contribution is 6.07. The van der Waals surface area contributed by atoms with Crippen molar-refractivity contribution < 1.29 is 23.9 Å². The van der Waals surface area contributed by atoms with E-state index in [1.165, 1.54) is 6.92 Å². The number of esters is 1. The number of ether oxygens (including phenoxy) is 1. The molecule has 2 aliphatic rings. The number of rotatable bonds is 5. The van der Waals surface area contributed by atoms with Crippen molar-refractivity contribution in [1.29, 1.82) is 0 Å². The van der Waals surface area contributed by atoms with Gasteiger partial charge in [-0.2, -0.15) is 0 Å². The Labute approximate surface area is 151 Å². The van der Waals surface area contributed by atoms with E-state index < -0.39 is 24.5 Å². The molecule has 1 aromatic rings. The van der Waals surface area contributed by atoms with Crippen molar-refractivity contribution >= 4 is 29.4 Å².